The molecule has 0 radical (unpaired) electrons. The monoisotopic (exact) mass is 678 g/mol. The zero-order valence-corrected chi connectivity index (χ0v) is 28.8. The Morgan fingerprint density at radius 3 is 2.67 bits per heavy atom. The summed E-state index contributed by atoms with van der Waals surface area (Å²) in [4.78, 5) is 48.1. The van der Waals surface area contributed by atoms with E-state index in [0.29, 0.717) is 37.1 Å². The van der Waals surface area contributed by atoms with Crippen molar-refractivity contribution in [2.24, 2.45) is 17.8 Å². The summed E-state index contributed by atoms with van der Waals surface area (Å²) in [5.41, 5.74) is -0.359. The molecule has 0 unspecified atom stereocenters. The van der Waals surface area contributed by atoms with Gasteiger partial charge in [0.1, 0.15) is 17.7 Å². The number of carbonyl (C=O) groups excluding carboxylic acids is 3. The normalized spacial score (nSPS) is 32.3. The number of aromatic nitrogens is 1. The minimum absolute atomic E-state index is 0.119. The Hall–Kier alpha value is -3.67. The summed E-state index contributed by atoms with van der Waals surface area (Å²) in [7, 11) is -3.91. The van der Waals surface area contributed by atoms with Gasteiger partial charge in [0.25, 0.3) is 5.91 Å². The van der Waals surface area contributed by atoms with Crippen LogP contribution in [0.3, 0.4) is 0 Å². The number of nitrogens with one attached hydrogen (secondary N) is 2. The predicted molar refractivity (Wildman–Crippen MR) is 180 cm³/mol. The van der Waals surface area contributed by atoms with E-state index in [9.17, 15) is 22.8 Å². The minimum atomic E-state index is -3.91. The number of sulfonamides is 1. The summed E-state index contributed by atoms with van der Waals surface area (Å²) in [5, 5.41) is 4.80. The summed E-state index contributed by atoms with van der Waals surface area (Å²) in [6.07, 6.45) is 9.52. The molecule has 2 saturated carbocycles. The molecule has 4 heterocycles. The number of benzene rings is 1. The molecule has 2 N–H and O–H groups in total. The number of pyridine rings is 1. The molecule has 2 aromatic rings. The lowest BCUT2D eigenvalue weighted by molar-refractivity contribution is -0.140. The average Bonchev–Trinajstić information content (AvgIpc) is 3.93. The first-order valence-electron chi connectivity index (χ1n) is 17.4. The third kappa shape index (κ3) is 6.16. The van der Waals surface area contributed by atoms with E-state index < -0.39 is 44.3 Å². The highest BCUT2D eigenvalue weighted by molar-refractivity contribution is 7.91. The van der Waals surface area contributed by atoms with Crippen LogP contribution < -0.4 is 19.5 Å². The van der Waals surface area contributed by atoms with Crippen LogP contribution in [-0.4, -0.2) is 71.6 Å². The van der Waals surface area contributed by atoms with Gasteiger partial charge in [0.05, 0.1) is 17.9 Å². The van der Waals surface area contributed by atoms with Gasteiger partial charge in [-0.25, -0.2) is 8.42 Å². The Labute approximate surface area is 282 Å². The molecule has 6 atom stereocenters. The van der Waals surface area contributed by atoms with Crippen molar-refractivity contribution in [3.63, 3.8) is 0 Å². The van der Waals surface area contributed by atoms with Gasteiger partial charge >= 0.3 is 0 Å². The molecule has 48 heavy (non-hydrogen) atoms. The SMILES string of the molecule is C[C@H]1CC/C=C\[C@@H]2C[C@@]2(C(=O)NS(=O)(=O)C2(C)CC2)NC(=O)[C@@H]2C[C@@H](Oc3nc4c(c5ccccc35)CCCO4)CN2C(=O)C[C@H](C)C1. The van der Waals surface area contributed by atoms with Crippen molar-refractivity contribution >= 4 is 38.5 Å². The summed E-state index contributed by atoms with van der Waals surface area (Å²) in [6.45, 7) is 6.63. The largest absolute Gasteiger partial charge is 0.477 e. The van der Waals surface area contributed by atoms with Gasteiger partial charge in [0, 0.05) is 29.7 Å². The molecular weight excluding hydrogens is 632 g/mol. The maximum Gasteiger partial charge on any atom is 0.259 e. The summed E-state index contributed by atoms with van der Waals surface area (Å²) in [5.74, 6) is -0.256. The van der Waals surface area contributed by atoms with Crippen LogP contribution in [-0.2, 0) is 30.8 Å². The minimum Gasteiger partial charge on any atom is -0.477 e. The molecule has 1 saturated heterocycles. The van der Waals surface area contributed by atoms with E-state index in [0.717, 1.165) is 48.4 Å². The molecule has 1 aromatic carbocycles. The van der Waals surface area contributed by atoms with Crippen LogP contribution in [0, 0.1) is 17.8 Å². The van der Waals surface area contributed by atoms with E-state index in [1.165, 1.54) is 0 Å². The molecule has 0 spiro atoms. The second-order valence-corrected chi connectivity index (χ2v) is 17.2. The van der Waals surface area contributed by atoms with Crippen LogP contribution in [0.15, 0.2) is 36.4 Å². The van der Waals surface area contributed by atoms with Crippen LogP contribution in [0.25, 0.3) is 10.8 Å². The molecule has 1 aromatic heterocycles. The Kier molecular flexibility index (Phi) is 8.44. The molecular formula is C36H46N4O7S. The smallest absolute Gasteiger partial charge is 0.259 e. The highest BCUT2D eigenvalue weighted by Crippen LogP contribution is 2.47. The van der Waals surface area contributed by atoms with E-state index in [4.69, 9.17) is 14.5 Å². The van der Waals surface area contributed by atoms with Crippen molar-refractivity contribution in [3.8, 4) is 11.8 Å². The Morgan fingerprint density at radius 2 is 1.90 bits per heavy atom. The van der Waals surface area contributed by atoms with Crippen LogP contribution >= 0.6 is 0 Å². The fraction of sp³-hybridized carbons (Fsp3) is 0.611. The number of carbonyl (C=O) groups is 3. The standard InChI is InChI=1S/C36H46N4O7S/c1-22-9-4-5-10-24-20-36(24,34(43)39-48(44,45)35(3)14-15-35)38-31(42)29-19-25(21-40(29)30(41)18-23(2)17-22)47-33-28-12-7-6-11-26(28)27-13-8-16-46-32(27)37-33/h5-7,10-12,22-25,29H,4,8-9,13-21H2,1-3H3,(H,38,42)(H,39,43)/b10-5-/t22-,23+,24+,25+,29-,36+/m0/s1. The van der Waals surface area contributed by atoms with Gasteiger partial charge in [0.2, 0.25) is 33.6 Å². The third-order valence-electron chi connectivity index (χ3n) is 11.0. The second-order valence-electron chi connectivity index (χ2n) is 15.0. The van der Waals surface area contributed by atoms with Gasteiger partial charge in [-0.15, -0.1) is 0 Å². The second kappa shape index (κ2) is 12.3. The van der Waals surface area contributed by atoms with Crippen molar-refractivity contribution in [1.82, 2.24) is 19.9 Å². The van der Waals surface area contributed by atoms with Crippen molar-refractivity contribution in [2.75, 3.05) is 13.2 Å². The maximum absolute atomic E-state index is 14.2. The average molecular weight is 679 g/mol. The first kappa shape index (κ1) is 32.9. The summed E-state index contributed by atoms with van der Waals surface area (Å²) in [6, 6.07) is 7.00. The van der Waals surface area contributed by atoms with E-state index >= 15 is 0 Å². The zero-order valence-electron chi connectivity index (χ0n) is 28.0. The lowest BCUT2D eigenvalue weighted by Gasteiger charge is -2.28. The lowest BCUT2D eigenvalue weighted by atomic mass is 9.91. The van der Waals surface area contributed by atoms with Crippen LogP contribution in [0.1, 0.15) is 84.1 Å². The number of fused-ring (bicyclic) bond motifs is 5. The fourth-order valence-corrected chi connectivity index (χ4v) is 9.02. The first-order valence-corrected chi connectivity index (χ1v) is 18.9. The lowest BCUT2D eigenvalue weighted by Crippen LogP contribution is -2.57. The van der Waals surface area contributed by atoms with Gasteiger partial charge in [-0.3, -0.25) is 19.1 Å². The molecule has 3 fully saturated rings. The number of nitrogens with zero attached hydrogens (tertiary/aromatic N) is 2. The van der Waals surface area contributed by atoms with Crippen molar-refractivity contribution in [2.45, 2.75) is 107 Å². The van der Waals surface area contributed by atoms with Crippen LogP contribution in [0.5, 0.6) is 11.8 Å². The van der Waals surface area contributed by atoms with Crippen molar-refractivity contribution in [1.29, 1.82) is 0 Å². The quantitative estimate of drug-likeness (QED) is 0.449. The van der Waals surface area contributed by atoms with E-state index in [1.807, 2.05) is 36.4 Å². The highest BCUT2D eigenvalue weighted by Gasteiger charge is 2.63. The molecule has 2 aliphatic carbocycles. The number of rotatable bonds is 5. The van der Waals surface area contributed by atoms with Crippen molar-refractivity contribution in [3.05, 3.63) is 42.0 Å². The summed E-state index contributed by atoms with van der Waals surface area (Å²) < 4.78 is 39.9. The van der Waals surface area contributed by atoms with Gasteiger partial charge in [-0.05, 0) is 81.6 Å². The van der Waals surface area contributed by atoms with Gasteiger partial charge in [0.15, 0.2) is 0 Å². The molecule has 11 nitrogen and oxygen atoms in total. The first-order chi connectivity index (χ1) is 22.9. The van der Waals surface area contributed by atoms with E-state index in [-0.39, 0.29) is 43.6 Å². The molecule has 258 valence electrons. The summed E-state index contributed by atoms with van der Waals surface area (Å²) >= 11 is 0. The molecule has 3 aliphatic heterocycles. The third-order valence-corrected chi connectivity index (χ3v) is 13.2. The number of aryl methyl sites for hydroxylation is 1. The Morgan fingerprint density at radius 1 is 1.12 bits per heavy atom. The molecule has 5 aliphatic rings. The topological polar surface area (TPSA) is 144 Å². The van der Waals surface area contributed by atoms with Gasteiger partial charge in [-0.1, -0.05) is 44.2 Å². The van der Waals surface area contributed by atoms with Crippen LogP contribution in [0.2, 0.25) is 0 Å². The number of hydrogen-bond acceptors (Lipinski definition) is 8. The number of ether oxygens (including phenoxy) is 2. The predicted octanol–water partition coefficient (Wildman–Crippen LogP) is 4.18. The molecule has 12 heteroatoms. The number of hydrogen-bond donors (Lipinski definition) is 2. The van der Waals surface area contributed by atoms with Crippen LogP contribution in [0.4, 0.5) is 0 Å². The number of allylic oxidation sites excluding steroid dienone is 1. The Bertz CT molecular complexity index is 1770. The highest BCUT2D eigenvalue weighted by atomic mass is 32.2. The van der Waals surface area contributed by atoms with Crippen molar-refractivity contribution < 1.29 is 32.3 Å². The van der Waals surface area contributed by atoms with E-state index in [2.05, 4.69) is 23.9 Å². The van der Waals surface area contributed by atoms with Gasteiger partial charge in [-0.2, -0.15) is 4.98 Å². The maximum atomic E-state index is 14.2. The van der Waals surface area contributed by atoms with Gasteiger partial charge < -0.3 is 19.7 Å². The number of amides is 3. The van der Waals surface area contributed by atoms with E-state index in [1.54, 1.807) is 11.8 Å². The Balaban J connectivity index is 1.18. The molecule has 0 bridgehead atoms. The fourth-order valence-electron chi connectivity index (χ4n) is 7.71. The zero-order chi connectivity index (χ0) is 33.8. The molecule has 7 rings (SSSR count). The molecule has 3 amide bonds.